The molecule has 1 saturated heterocycles. The van der Waals surface area contributed by atoms with Gasteiger partial charge in [-0.2, -0.15) is 11.8 Å². The highest BCUT2D eigenvalue weighted by atomic mass is 35.5. The minimum absolute atomic E-state index is 0.390. The summed E-state index contributed by atoms with van der Waals surface area (Å²) < 4.78 is 5.06. The maximum atomic E-state index is 6.04. The van der Waals surface area contributed by atoms with Gasteiger partial charge < -0.3 is 9.64 Å². The Morgan fingerprint density at radius 2 is 2.06 bits per heavy atom. The maximum absolute atomic E-state index is 6.04. The summed E-state index contributed by atoms with van der Waals surface area (Å²) in [7, 11) is 1.63. The van der Waals surface area contributed by atoms with E-state index in [1.54, 1.807) is 7.11 Å². The van der Waals surface area contributed by atoms with Crippen molar-refractivity contribution < 1.29 is 4.74 Å². The van der Waals surface area contributed by atoms with Crippen LogP contribution in [0.3, 0.4) is 0 Å². The first-order valence-electron chi connectivity index (χ1n) is 6.01. The number of methoxy groups -OCH3 is 1. The highest BCUT2D eigenvalue weighted by Crippen LogP contribution is 2.28. The number of thioether (sulfide) groups is 1. The monoisotopic (exact) mass is 287 g/mol. The third-order valence-corrected chi connectivity index (χ3v) is 4.17. The van der Waals surface area contributed by atoms with E-state index in [1.807, 2.05) is 17.8 Å². The SMILES string of the molecule is COCc1nc(Cl)cc(N2CC(C)SC(C)C2)n1. The molecule has 2 atom stereocenters. The molecular formula is C12H18ClN3OS. The van der Waals surface area contributed by atoms with Gasteiger partial charge in [-0.15, -0.1) is 0 Å². The van der Waals surface area contributed by atoms with Crippen LogP contribution in [0.2, 0.25) is 5.15 Å². The van der Waals surface area contributed by atoms with Crippen LogP contribution in [0.1, 0.15) is 19.7 Å². The lowest BCUT2D eigenvalue weighted by atomic mass is 10.3. The van der Waals surface area contributed by atoms with Gasteiger partial charge in [-0.25, -0.2) is 9.97 Å². The van der Waals surface area contributed by atoms with Crippen molar-refractivity contribution in [2.24, 2.45) is 0 Å². The van der Waals surface area contributed by atoms with Gasteiger partial charge >= 0.3 is 0 Å². The summed E-state index contributed by atoms with van der Waals surface area (Å²) in [5, 5.41) is 1.69. The molecule has 6 heteroatoms. The number of anilines is 1. The van der Waals surface area contributed by atoms with Gasteiger partial charge in [-0.05, 0) is 0 Å². The third kappa shape index (κ3) is 3.49. The fraction of sp³-hybridized carbons (Fsp3) is 0.667. The van der Waals surface area contributed by atoms with Crippen LogP contribution in [-0.2, 0) is 11.3 Å². The fourth-order valence-electron chi connectivity index (χ4n) is 2.17. The number of hydrogen-bond acceptors (Lipinski definition) is 5. The molecule has 0 spiro atoms. The lowest BCUT2D eigenvalue weighted by Gasteiger charge is -2.35. The molecule has 1 aromatic rings. The van der Waals surface area contributed by atoms with Gasteiger partial charge in [0.05, 0.1) is 0 Å². The minimum atomic E-state index is 0.390. The lowest BCUT2D eigenvalue weighted by Crippen LogP contribution is -2.41. The summed E-state index contributed by atoms with van der Waals surface area (Å²) in [5.41, 5.74) is 0. The summed E-state index contributed by atoms with van der Waals surface area (Å²) in [6.45, 7) is 6.86. The summed E-state index contributed by atoms with van der Waals surface area (Å²) >= 11 is 8.05. The Kier molecular flexibility index (Phi) is 4.70. The largest absolute Gasteiger partial charge is 0.377 e. The minimum Gasteiger partial charge on any atom is -0.377 e. The first-order valence-corrected chi connectivity index (χ1v) is 7.33. The second-order valence-corrected chi connectivity index (χ2v) is 6.83. The van der Waals surface area contributed by atoms with E-state index in [2.05, 4.69) is 28.7 Å². The molecule has 0 saturated carbocycles. The molecule has 0 aliphatic carbocycles. The molecular weight excluding hydrogens is 270 g/mol. The first kappa shape index (κ1) is 13.9. The number of hydrogen-bond donors (Lipinski definition) is 0. The Morgan fingerprint density at radius 3 is 2.67 bits per heavy atom. The van der Waals surface area contributed by atoms with Crippen LogP contribution in [0.15, 0.2) is 6.07 Å². The topological polar surface area (TPSA) is 38.2 Å². The van der Waals surface area contributed by atoms with Crippen LogP contribution in [0.5, 0.6) is 0 Å². The summed E-state index contributed by atoms with van der Waals surface area (Å²) in [4.78, 5) is 10.9. The zero-order chi connectivity index (χ0) is 13.1. The van der Waals surface area contributed by atoms with Crippen LogP contribution in [-0.4, -0.2) is 40.7 Å². The van der Waals surface area contributed by atoms with E-state index in [0.29, 0.717) is 28.1 Å². The predicted octanol–water partition coefficient (Wildman–Crippen LogP) is 2.61. The highest BCUT2D eigenvalue weighted by Gasteiger charge is 2.23. The smallest absolute Gasteiger partial charge is 0.158 e. The van der Waals surface area contributed by atoms with Crippen molar-refractivity contribution in [2.45, 2.75) is 31.0 Å². The second kappa shape index (κ2) is 6.08. The summed E-state index contributed by atoms with van der Waals surface area (Å²) in [6.07, 6.45) is 0. The maximum Gasteiger partial charge on any atom is 0.158 e. The molecule has 0 amide bonds. The molecule has 1 aromatic heterocycles. The molecule has 1 aliphatic rings. The van der Waals surface area contributed by atoms with Crippen molar-refractivity contribution in [1.82, 2.24) is 9.97 Å². The molecule has 0 N–H and O–H groups in total. The Morgan fingerprint density at radius 1 is 1.39 bits per heavy atom. The average molecular weight is 288 g/mol. The zero-order valence-electron chi connectivity index (χ0n) is 10.9. The van der Waals surface area contributed by atoms with Gasteiger partial charge in [0, 0.05) is 36.8 Å². The normalized spacial score (nSPS) is 24.3. The predicted molar refractivity (Wildman–Crippen MR) is 76.5 cm³/mol. The fourth-order valence-corrected chi connectivity index (χ4v) is 3.69. The summed E-state index contributed by atoms with van der Waals surface area (Å²) in [6, 6.07) is 1.83. The quantitative estimate of drug-likeness (QED) is 0.799. The Labute approximate surface area is 117 Å². The van der Waals surface area contributed by atoms with Crippen molar-refractivity contribution in [3.63, 3.8) is 0 Å². The number of halogens is 1. The van der Waals surface area contributed by atoms with Crippen molar-refractivity contribution in [1.29, 1.82) is 0 Å². The van der Waals surface area contributed by atoms with Gasteiger partial charge in [0.25, 0.3) is 0 Å². The highest BCUT2D eigenvalue weighted by molar-refractivity contribution is 8.00. The average Bonchev–Trinajstić information content (AvgIpc) is 2.27. The van der Waals surface area contributed by atoms with E-state index in [1.165, 1.54) is 0 Å². The van der Waals surface area contributed by atoms with Crippen molar-refractivity contribution in [3.8, 4) is 0 Å². The van der Waals surface area contributed by atoms with Gasteiger partial charge in [-0.3, -0.25) is 0 Å². The van der Waals surface area contributed by atoms with Crippen LogP contribution >= 0.6 is 23.4 Å². The molecule has 2 heterocycles. The van der Waals surface area contributed by atoms with Crippen molar-refractivity contribution in [2.75, 3.05) is 25.1 Å². The lowest BCUT2D eigenvalue weighted by molar-refractivity contribution is 0.178. The van der Waals surface area contributed by atoms with Gasteiger partial charge in [0.15, 0.2) is 5.82 Å². The molecule has 1 fully saturated rings. The zero-order valence-corrected chi connectivity index (χ0v) is 12.5. The number of rotatable bonds is 3. The van der Waals surface area contributed by atoms with Crippen molar-refractivity contribution >= 4 is 29.2 Å². The van der Waals surface area contributed by atoms with E-state index >= 15 is 0 Å². The second-order valence-electron chi connectivity index (χ2n) is 4.56. The van der Waals surface area contributed by atoms with Gasteiger partial charge in [-0.1, -0.05) is 25.4 Å². The van der Waals surface area contributed by atoms with Crippen LogP contribution in [0, 0.1) is 0 Å². The molecule has 100 valence electrons. The van der Waals surface area contributed by atoms with Crippen LogP contribution in [0.4, 0.5) is 5.82 Å². The number of nitrogens with zero attached hydrogens (tertiary/aromatic N) is 3. The molecule has 0 radical (unpaired) electrons. The third-order valence-electron chi connectivity index (χ3n) is 2.74. The standard InChI is InChI=1S/C12H18ClN3OS/c1-8-5-16(6-9(2)18-8)12-4-10(13)14-11(15-12)7-17-3/h4,8-9H,5-7H2,1-3H3. The van der Waals surface area contributed by atoms with Crippen LogP contribution < -0.4 is 4.90 Å². The molecule has 18 heavy (non-hydrogen) atoms. The number of aromatic nitrogens is 2. The van der Waals surface area contributed by atoms with Crippen molar-refractivity contribution in [3.05, 3.63) is 17.0 Å². The van der Waals surface area contributed by atoms with E-state index in [-0.39, 0.29) is 0 Å². The number of ether oxygens (including phenoxy) is 1. The molecule has 2 unspecified atom stereocenters. The molecule has 1 aliphatic heterocycles. The summed E-state index contributed by atoms with van der Waals surface area (Å²) in [5.74, 6) is 1.54. The Bertz CT molecular complexity index is 408. The van der Waals surface area contributed by atoms with Crippen LogP contribution in [0.25, 0.3) is 0 Å². The molecule has 2 rings (SSSR count). The van der Waals surface area contributed by atoms with E-state index in [0.717, 1.165) is 18.9 Å². The van der Waals surface area contributed by atoms with E-state index in [4.69, 9.17) is 16.3 Å². The van der Waals surface area contributed by atoms with Gasteiger partial charge in [0.1, 0.15) is 17.6 Å². The van der Waals surface area contributed by atoms with Gasteiger partial charge in [0.2, 0.25) is 0 Å². The molecule has 0 bridgehead atoms. The Balaban J connectivity index is 2.21. The first-order chi connectivity index (χ1) is 8.58. The van der Waals surface area contributed by atoms with E-state index in [9.17, 15) is 0 Å². The van der Waals surface area contributed by atoms with E-state index < -0.39 is 0 Å². The Hall–Kier alpha value is -0.520. The molecule has 0 aromatic carbocycles. The molecule has 4 nitrogen and oxygen atoms in total.